The molecule has 0 saturated heterocycles. The molecule has 2 heterocycles. The van der Waals surface area contributed by atoms with Crippen LogP contribution in [0.5, 0.6) is 0 Å². The zero-order chi connectivity index (χ0) is 30.1. The molecule has 1 unspecified atom stereocenters. The summed E-state index contributed by atoms with van der Waals surface area (Å²) in [5.74, 6) is -4.16. The van der Waals surface area contributed by atoms with Crippen molar-refractivity contribution in [3.05, 3.63) is 65.1 Å². The number of amides is 2. The highest BCUT2D eigenvalue weighted by molar-refractivity contribution is 5.94. The summed E-state index contributed by atoms with van der Waals surface area (Å²) < 4.78 is 67.2. The molecule has 2 N–H and O–H groups in total. The summed E-state index contributed by atoms with van der Waals surface area (Å²) in [5, 5.41) is 19.1. The van der Waals surface area contributed by atoms with Crippen molar-refractivity contribution in [3.63, 3.8) is 0 Å². The van der Waals surface area contributed by atoms with Gasteiger partial charge in [0.2, 0.25) is 11.8 Å². The zero-order valence-corrected chi connectivity index (χ0v) is 22.5. The highest BCUT2D eigenvalue weighted by Crippen LogP contribution is 2.43. The van der Waals surface area contributed by atoms with Crippen LogP contribution in [0.3, 0.4) is 0 Å². The third-order valence-corrected chi connectivity index (χ3v) is 7.88. The molecule has 0 bridgehead atoms. The average molecular weight is 589 g/mol. The van der Waals surface area contributed by atoms with Crippen LogP contribution in [-0.4, -0.2) is 38.5 Å². The van der Waals surface area contributed by atoms with Gasteiger partial charge < -0.3 is 10.6 Å². The number of carbonyl (C=O) groups is 2. The van der Waals surface area contributed by atoms with E-state index in [2.05, 4.69) is 20.7 Å². The first-order valence-corrected chi connectivity index (χ1v) is 13.8. The smallest absolute Gasteiger partial charge is 0.349 e. The first kappa shape index (κ1) is 29.4. The van der Waals surface area contributed by atoms with Crippen LogP contribution in [0.2, 0.25) is 0 Å². The van der Waals surface area contributed by atoms with Gasteiger partial charge in [-0.25, -0.2) is 18.3 Å². The third-order valence-electron chi connectivity index (χ3n) is 7.88. The molecule has 13 heteroatoms. The van der Waals surface area contributed by atoms with Crippen LogP contribution in [0.4, 0.5) is 22.0 Å². The molecule has 2 fully saturated rings. The molecule has 2 aliphatic rings. The number of nitrogens with zero attached hydrogens (tertiary/aromatic N) is 4. The number of benzene rings is 1. The standard InChI is InChI=1S/C29H29F5N6O2/c30-28(31)10-7-19(8-11-28)26(39-27(42)20-3-1-17(14-35)2-4-20)22-16-40-23(37-22)13-21(15-36-40)25(18-5-6-18)38-24(41)9-12-29(32,33)34/h1-4,13,15-16,18-19,25-26H,5-12H2,(H,38,41)(H,39,42)/t25?,26-/m0/s1. The Morgan fingerprint density at radius 3 is 2.33 bits per heavy atom. The number of imidazole rings is 1. The van der Waals surface area contributed by atoms with Crippen molar-refractivity contribution in [2.24, 2.45) is 11.8 Å². The summed E-state index contributed by atoms with van der Waals surface area (Å²) in [5.41, 5.74) is 2.10. The highest BCUT2D eigenvalue weighted by Gasteiger charge is 2.40. The molecular weight excluding hydrogens is 559 g/mol. The number of aromatic nitrogens is 3. The largest absolute Gasteiger partial charge is 0.389 e. The Morgan fingerprint density at radius 1 is 1.05 bits per heavy atom. The summed E-state index contributed by atoms with van der Waals surface area (Å²) in [6.45, 7) is 0. The molecule has 5 rings (SSSR count). The van der Waals surface area contributed by atoms with E-state index >= 15 is 0 Å². The van der Waals surface area contributed by atoms with E-state index in [0.29, 0.717) is 28.0 Å². The number of nitrogens with one attached hydrogen (secondary N) is 2. The topological polar surface area (TPSA) is 112 Å². The number of nitriles is 1. The van der Waals surface area contributed by atoms with E-state index in [1.807, 2.05) is 6.07 Å². The Hall–Kier alpha value is -4.08. The first-order valence-electron chi connectivity index (χ1n) is 13.8. The fourth-order valence-electron chi connectivity index (χ4n) is 5.38. The van der Waals surface area contributed by atoms with Gasteiger partial charge >= 0.3 is 6.18 Å². The molecule has 0 radical (unpaired) electrons. The minimum absolute atomic E-state index is 0.0712. The molecule has 0 spiro atoms. The van der Waals surface area contributed by atoms with Crippen molar-refractivity contribution in [2.45, 2.75) is 75.5 Å². The summed E-state index contributed by atoms with van der Waals surface area (Å²) in [6.07, 6.45) is -1.83. The normalized spacial score (nSPS) is 18.7. The second-order valence-corrected chi connectivity index (χ2v) is 11.1. The second kappa shape index (κ2) is 11.7. The van der Waals surface area contributed by atoms with E-state index in [4.69, 9.17) is 5.26 Å². The molecule has 2 atom stereocenters. The van der Waals surface area contributed by atoms with Gasteiger partial charge in [-0.15, -0.1) is 0 Å². The Kier molecular flexibility index (Phi) is 8.17. The van der Waals surface area contributed by atoms with Crippen LogP contribution in [0.1, 0.15) is 90.6 Å². The lowest BCUT2D eigenvalue weighted by atomic mass is 9.81. The maximum atomic E-state index is 14.0. The van der Waals surface area contributed by atoms with Gasteiger partial charge in [-0.05, 0) is 73.4 Å². The number of fused-ring (bicyclic) bond motifs is 1. The lowest BCUT2D eigenvalue weighted by Crippen LogP contribution is -2.37. The van der Waals surface area contributed by atoms with Crippen molar-refractivity contribution in [2.75, 3.05) is 0 Å². The van der Waals surface area contributed by atoms with Crippen LogP contribution in [0, 0.1) is 23.2 Å². The van der Waals surface area contributed by atoms with E-state index in [1.54, 1.807) is 12.3 Å². The number of hydrogen-bond acceptors (Lipinski definition) is 5. The molecule has 0 aliphatic heterocycles. The van der Waals surface area contributed by atoms with Crippen LogP contribution in [0.15, 0.2) is 42.7 Å². The minimum Gasteiger partial charge on any atom is -0.349 e. The Morgan fingerprint density at radius 2 is 1.71 bits per heavy atom. The van der Waals surface area contributed by atoms with E-state index in [0.717, 1.165) is 12.8 Å². The van der Waals surface area contributed by atoms with Crippen molar-refractivity contribution >= 4 is 17.5 Å². The van der Waals surface area contributed by atoms with Crippen LogP contribution < -0.4 is 10.6 Å². The number of halogens is 5. The lowest BCUT2D eigenvalue weighted by molar-refractivity contribution is -0.144. The molecule has 2 aliphatic carbocycles. The zero-order valence-electron chi connectivity index (χ0n) is 22.5. The van der Waals surface area contributed by atoms with E-state index in [-0.39, 0.29) is 37.5 Å². The predicted octanol–water partition coefficient (Wildman–Crippen LogP) is 5.81. The first-order chi connectivity index (χ1) is 19.9. The molecule has 222 valence electrons. The molecule has 2 amide bonds. The summed E-state index contributed by atoms with van der Waals surface area (Å²) >= 11 is 0. The van der Waals surface area contributed by atoms with Crippen LogP contribution in [-0.2, 0) is 4.79 Å². The van der Waals surface area contributed by atoms with Crippen molar-refractivity contribution in [1.82, 2.24) is 25.2 Å². The quantitative estimate of drug-likeness (QED) is 0.307. The van der Waals surface area contributed by atoms with Crippen LogP contribution >= 0.6 is 0 Å². The second-order valence-electron chi connectivity index (χ2n) is 11.1. The van der Waals surface area contributed by atoms with Crippen molar-refractivity contribution < 1.29 is 31.5 Å². The van der Waals surface area contributed by atoms with Crippen molar-refractivity contribution in [3.8, 4) is 6.07 Å². The Labute approximate surface area is 238 Å². The van der Waals surface area contributed by atoms with E-state index < -0.39 is 48.8 Å². The van der Waals surface area contributed by atoms with Gasteiger partial charge in [-0.2, -0.15) is 23.5 Å². The molecule has 2 aromatic heterocycles. The monoisotopic (exact) mass is 588 g/mol. The van der Waals surface area contributed by atoms with Gasteiger partial charge in [0.1, 0.15) is 0 Å². The highest BCUT2D eigenvalue weighted by atomic mass is 19.4. The molecule has 2 saturated carbocycles. The van der Waals surface area contributed by atoms with Gasteiger partial charge in [0.05, 0.1) is 48.2 Å². The minimum atomic E-state index is -4.43. The summed E-state index contributed by atoms with van der Waals surface area (Å²) in [7, 11) is 0. The Balaban J connectivity index is 1.39. The lowest BCUT2D eigenvalue weighted by Gasteiger charge is -2.33. The Bertz CT molecular complexity index is 1480. The number of hydrogen-bond donors (Lipinski definition) is 2. The maximum absolute atomic E-state index is 14.0. The fourth-order valence-corrected chi connectivity index (χ4v) is 5.38. The molecule has 3 aromatic rings. The maximum Gasteiger partial charge on any atom is 0.389 e. The van der Waals surface area contributed by atoms with E-state index in [1.165, 1.54) is 35.0 Å². The summed E-state index contributed by atoms with van der Waals surface area (Å²) in [4.78, 5) is 30.1. The van der Waals surface area contributed by atoms with E-state index in [9.17, 15) is 31.5 Å². The number of rotatable bonds is 9. The summed E-state index contributed by atoms with van der Waals surface area (Å²) in [6, 6.07) is 8.52. The third kappa shape index (κ3) is 7.21. The van der Waals surface area contributed by atoms with Gasteiger partial charge in [-0.3, -0.25) is 9.59 Å². The number of carbonyl (C=O) groups excluding carboxylic acids is 2. The molecule has 8 nitrogen and oxygen atoms in total. The van der Waals surface area contributed by atoms with Crippen molar-refractivity contribution in [1.29, 1.82) is 5.26 Å². The molecule has 1 aromatic carbocycles. The predicted molar refractivity (Wildman–Crippen MR) is 140 cm³/mol. The molecular formula is C29H29F5N6O2. The molecule has 42 heavy (non-hydrogen) atoms. The fraction of sp³-hybridized carbons (Fsp3) is 0.483. The SMILES string of the molecule is N#Cc1ccc(C(=O)N[C@H](c2cn3ncc(C(NC(=O)CCC(F)(F)F)C4CC4)cc3n2)C2CCC(F)(F)CC2)cc1. The van der Waals surface area contributed by atoms with Gasteiger partial charge in [0, 0.05) is 24.8 Å². The average Bonchev–Trinajstić information content (AvgIpc) is 3.71. The van der Waals surface area contributed by atoms with Gasteiger partial charge in [0.25, 0.3) is 5.91 Å². The van der Waals surface area contributed by atoms with Crippen LogP contribution in [0.25, 0.3) is 5.65 Å². The number of alkyl halides is 5. The van der Waals surface area contributed by atoms with Gasteiger partial charge in [0.15, 0.2) is 5.65 Å². The van der Waals surface area contributed by atoms with Gasteiger partial charge in [-0.1, -0.05) is 0 Å².